The zero-order valence-electron chi connectivity index (χ0n) is 13.2. The maximum absolute atomic E-state index is 12.0. The van der Waals surface area contributed by atoms with Crippen molar-refractivity contribution in [2.24, 2.45) is 5.92 Å². The van der Waals surface area contributed by atoms with Gasteiger partial charge in [-0.05, 0) is 56.0 Å². The SMILES string of the molecule is O=C(CCC1CCNCC1)NCc1cccc(-n2cncn2)c1. The number of carbonyl (C=O) groups is 1. The van der Waals surface area contributed by atoms with Gasteiger partial charge in [-0.1, -0.05) is 12.1 Å². The van der Waals surface area contributed by atoms with E-state index in [0.29, 0.717) is 18.9 Å². The standard InChI is InChI=1S/C17H23N5O/c23-17(5-4-14-6-8-18-9-7-14)20-11-15-2-1-3-16(10-15)22-13-19-12-21-22/h1-3,10,12-14,18H,4-9,11H2,(H,20,23). The summed E-state index contributed by atoms with van der Waals surface area (Å²) in [7, 11) is 0. The predicted molar refractivity (Wildman–Crippen MR) is 88.0 cm³/mol. The molecule has 6 nitrogen and oxygen atoms in total. The Morgan fingerprint density at radius 2 is 2.22 bits per heavy atom. The highest BCUT2D eigenvalue weighted by molar-refractivity contribution is 5.75. The summed E-state index contributed by atoms with van der Waals surface area (Å²) in [6, 6.07) is 7.96. The minimum Gasteiger partial charge on any atom is -0.352 e. The summed E-state index contributed by atoms with van der Waals surface area (Å²) in [5.74, 6) is 0.826. The fourth-order valence-corrected chi connectivity index (χ4v) is 2.95. The number of nitrogens with zero attached hydrogens (tertiary/aromatic N) is 3. The van der Waals surface area contributed by atoms with E-state index in [9.17, 15) is 4.79 Å². The van der Waals surface area contributed by atoms with Crippen LogP contribution in [-0.4, -0.2) is 33.8 Å². The zero-order valence-corrected chi connectivity index (χ0v) is 13.2. The first-order chi connectivity index (χ1) is 11.3. The van der Waals surface area contributed by atoms with Crippen LogP contribution in [-0.2, 0) is 11.3 Å². The van der Waals surface area contributed by atoms with Crippen molar-refractivity contribution >= 4 is 5.91 Å². The quantitative estimate of drug-likeness (QED) is 0.851. The lowest BCUT2D eigenvalue weighted by Gasteiger charge is -2.22. The fraction of sp³-hybridized carbons (Fsp3) is 0.471. The molecule has 0 saturated carbocycles. The van der Waals surface area contributed by atoms with Crippen LogP contribution in [0.2, 0.25) is 0 Å². The van der Waals surface area contributed by atoms with Crippen molar-refractivity contribution in [3.05, 3.63) is 42.5 Å². The van der Waals surface area contributed by atoms with Crippen molar-refractivity contribution in [3.8, 4) is 5.69 Å². The van der Waals surface area contributed by atoms with Gasteiger partial charge < -0.3 is 10.6 Å². The average Bonchev–Trinajstić information content (AvgIpc) is 3.14. The van der Waals surface area contributed by atoms with Crippen molar-refractivity contribution < 1.29 is 4.79 Å². The number of benzene rings is 1. The van der Waals surface area contributed by atoms with Crippen LogP contribution in [0.1, 0.15) is 31.2 Å². The molecule has 0 unspecified atom stereocenters. The van der Waals surface area contributed by atoms with Gasteiger partial charge in [0.15, 0.2) is 0 Å². The first-order valence-electron chi connectivity index (χ1n) is 8.22. The third-order valence-electron chi connectivity index (χ3n) is 4.32. The Balaban J connectivity index is 1.46. The highest BCUT2D eigenvalue weighted by atomic mass is 16.1. The molecule has 2 aromatic rings. The largest absolute Gasteiger partial charge is 0.352 e. The van der Waals surface area contributed by atoms with Crippen molar-refractivity contribution in [3.63, 3.8) is 0 Å². The van der Waals surface area contributed by atoms with E-state index in [1.165, 1.54) is 19.2 Å². The van der Waals surface area contributed by atoms with Gasteiger partial charge in [0.2, 0.25) is 5.91 Å². The minimum atomic E-state index is 0.134. The molecule has 2 heterocycles. The van der Waals surface area contributed by atoms with E-state index in [0.717, 1.165) is 30.8 Å². The average molecular weight is 313 g/mol. The van der Waals surface area contributed by atoms with E-state index in [4.69, 9.17) is 0 Å². The van der Waals surface area contributed by atoms with E-state index in [2.05, 4.69) is 20.7 Å². The van der Waals surface area contributed by atoms with Gasteiger partial charge in [-0.15, -0.1) is 0 Å². The summed E-state index contributed by atoms with van der Waals surface area (Å²) in [6.45, 7) is 2.72. The van der Waals surface area contributed by atoms with Crippen LogP contribution in [0, 0.1) is 5.92 Å². The lowest BCUT2D eigenvalue weighted by atomic mass is 9.93. The molecule has 1 fully saturated rings. The Kier molecular flexibility index (Phi) is 5.37. The molecule has 1 aliphatic heterocycles. The first-order valence-corrected chi connectivity index (χ1v) is 8.22. The molecule has 1 aliphatic rings. The second-order valence-corrected chi connectivity index (χ2v) is 6.02. The van der Waals surface area contributed by atoms with Crippen molar-refractivity contribution in [2.75, 3.05) is 13.1 Å². The molecule has 1 saturated heterocycles. The number of amides is 1. The second-order valence-electron chi connectivity index (χ2n) is 6.02. The summed E-state index contributed by atoms with van der Waals surface area (Å²) >= 11 is 0. The minimum absolute atomic E-state index is 0.134. The molecule has 3 rings (SSSR count). The Morgan fingerprint density at radius 1 is 1.35 bits per heavy atom. The van der Waals surface area contributed by atoms with Crippen molar-refractivity contribution in [1.29, 1.82) is 0 Å². The first kappa shape index (κ1) is 15.7. The lowest BCUT2D eigenvalue weighted by Crippen LogP contribution is -2.29. The molecule has 0 aliphatic carbocycles. The molecular formula is C17H23N5O. The lowest BCUT2D eigenvalue weighted by molar-refractivity contribution is -0.121. The van der Waals surface area contributed by atoms with Crippen LogP contribution < -0.4 is 10.6 Å². The Morgan fingerprint density at radius 3 is 3.00 bits per heavy atom. The summed E-state index contributed by atoms with van der Waals surface area (Å²) in [6.07, 6.45) is 7.16. The van der Waals surface area contributed by atoms with E-state index in [1.807, 2.05) is 24.3 Å². The Labute approximate surface area is 136 Å². The second kappa shape index (κ2) is 7.87. The third kappa shape index (κ3) is 4.63. The van der Waals surface area contributed by atoms with E-state index < -0.39 is 0 Å². The maximum atomic E-state index is 12.0. The number of hydrogen-bond donors (Lipinski definition) is 2. The van der Waals surface area contributed by atoms with Crippen LogP contribution in [0.25, 0.3) is 5.69 Å². The molecule has 0 bridgehead atoms. The van der Waals surface area contributed by atoms with Crippen LogP contribution >= 0.6 is 0 Å². The van der Waals surface area contributed by atoms with Gasteiger partial charge in [0.05, 0.1) is 5.69 Å². The summed E-state index contributed by atoms with van der Waals surface area (Å²) in [5, 5.41) is 10.5. The van der Waals surface area contributed by atoms with Gasteiger partial charge in [-0.25, -0.2) is 9.67 Å². The van der Waals surface area contributed by atoms with Gasteiger partial charge >= 0.3 is 0 Å². The normalized spacial score (nSPS) is 15.5. The summed E-state index contributed by atoms with van der Waals surface area (Å²) < 4.78 is 1.71. The monoisotopic (exact) mass is 313 g/mol. The van der Waals surface area contributed by atoms with Gasteiger partial charge in [-0.2, -0.15) is 5.10 Å². The third-order valence-corrected chi connectivity index (χ3v) is 4.32. The van der Waals surface area contributed by atoms with Gasteiger partial charge in [0.1, 0.15) is 12.7 Å². The Bertz CT molecular complexity index is 620. The number of hydrogen-bond acceptors (Lipinski definition) is 4. The highest BCUT2D eigenvalue weighted by Crippen LogP contribution is 2.17. The molecule has 2 N–H and O–H groups in total. The molecule has 1 aromatic heterocycles. The molecule has 6 heteroatoms. The highest BCUT2D eigenvalue weighted by Gasteiger charge is 2.14. The van der Waals surface area contributed by atoms with Crippen LogP contribution in [0.3, 0.4) is 0 Å². The summed E-state index contributed by atoms with van der Waals surface area (Å²) in [4.78, 5) is 16.0. The van der Waals surface area contributed by atoms with Crippen molar-refractivity contribution in [2.45, 2.75) is 32.2 Å². The number of aromatic nitrogens is 3. The van der Waals surface area contributed by atoms with Crippen LogP contribution in [0.4, 0.5) is 0 Å². The van der Waals surface area contributed by atoms with Crippen molar-refractivity contribution in [1.82, 2.24) is 25.4 Å². The molecule has 122 valence electrons. The molecule has 1 aromatic carbocycles. The molecule has 23 heavy (non-hydrogen) atoms. The van der Waals surface area contributed by atoms with E-state index in [1.54, 1.807) is 11.0 Å². The summed E-state index contributed by atoms with van der Waals surface area (Å²) in [5.41, 5.74) is 2.01. The van der Waals surface area contributed by atoms with Crippen LogP contribution in [0.5, 0.6) is 0 Å². The predicted octanol–water partition coefficient (Wildman–Crippen LogP) is 1.66. The van der Waals surface area contributed by atoms with Gasteiger partial charge in [0, 0.05) is 13.0 Å². The zero-order chi connectivity index (χ0) is 15.9. The maximum Gasteiger partial charge on any atom is 0.220 e. The van der Waals surface area contributed by atoms with Gasteiger partial charge in [0.25, 0.3) is 0 Å². The van der Waals surface area contributed by atoms with Gasteiger partial charge in [-0.3, -0.25) is 4.79 Å². The van der Waals surface area contributed by atoms with E-state index in [-0.39, 0.29) is 5.91 Å². The molecule has 0 spiro atoms. The Hall–Kier alpha value is -2.21. The molecular weight excluding hydrogens is 290 g/mol. The topological polar surface area (TPSA) is 71.8 Å². The van der Waals surface area contributed by atoms with E-state index >= 15 is 0 Å². The number of nitrogens with one attached hydrogen (secondary N) is 2. The number of piperidine rings is 1. The molecule has 1 amide bonds. The van der Waals surface area contributed by atoms with Crippen LogP contribution in [0.15, 0.2) is 36.9 Å². The smallest absolute Gasteiger partial charge is 0.220 e. The number of rotatable bonds is 6. The molecule has 0 atom stereocenters. The molecule has 0 radical (unpaired) electrons. The fourth-order valence-electron chi connectivity index (χ4n) is 2.95. The number of carbonyl (C=O) groups excluding carboxylic acids is 1.